The summed E-state index contributed by atoms with van der Waals surface area (Å²) in [4.78, 5) is 22.3. The van der Waals surface area contributed by atoms with Gasteiger partial charge in [-0.3, -0.25) is 20.3 Å². The Morgan fingerprint density at radius 2 is 2.24 bits per heavy atom. The van der Waals surface area contributed by atoms with Crippen LogP contribution in [0, 0.1) is 10.1 Å². The number of nitrogens with two attached hydrogens (primary N) is 1. The van der Waals surface area contributed by atoms with E-state index in [1.54, 1.807) is 11.4 Å². The Morgan fingerprint density at radius 1 is 1.48 bits per heavy atom. The van der Waals surface area contributed by atoms with Crippen molar-refractivity contribution in [3.8, 4) is 5.75 Å². The van der Waals surface area contributed by atoms with Crippen LogP contribution in [0.1, 0.15) is 15.2 Å². The number of ether oxygens (including phenoxy) is 1. The van der Waals surface area contributed by atoms with Crippen molar-refractivity contribution in [1.29, 1.82) is 0 Å². The first kappa shape index (κ1) is 15.2. The normalized spacial score (nSPS) is 10.2. The molecule has 0 unspecified atom stereocenters. The predicted octanol–water partition coefficient (Wildman–Crippen LogP) is 2.49. The van der Waals surface area contributed by atoms with Crippen LogP contribution >= 0.6 is 22.9 Å². The minimum Gasteiger partial charge on any atom is -0.481 e. The molecule has 0 aliphatic heterocycles. The van der Waals surface area contributed by atoms with Gasteiger partial charge in [-0.1, -0.05) is 17.7 Å². The van der Waals surface area contributed by atoms with Gasteiger partial charge in [-0.2, -0.15) is 0 Å². The number of rotatable bonds is 5. The maximum Gasteiger partial charge on any atom is 0.312 e. The van der Waals surface area contributed by atoms with Gasteiger partial charge in [-0.05, 0) is 17.5 Å². The minimum absolute atomic E-state index is 0.0309. The van der Waals surface area contributed by atoms with Gasteiger partial charge in [-0.25, -0.2) is 5.84 Å². The van der Waals surface area contributed by atoms with E-state index in [0.717, 1.165) is 0 Å². The van der Waals surface area contributed by atoms with E-state index in [1.165, 1.54) is 29.5 Å². The van der Waals surface area contributed by atoms with Crippen LogP contribution in [-0.4, -0.2) is 10.8 Å². The fourth-order valence-electron chi connectivity index (χ4n) is 1.65. The molecular formula is C12H10ClN3O4S. The highest BCUT2D eigenvalue weighted by molar-refractivity contribution is 7.12. The highest BCUT2D eigenvalue weighted by atomic mass is 35.5. The molecule has 0 saturated heterocycles. The average Bonchev–Trinajstić information content (AvgIpc) is 2.93. The van der Waals surface area contributed by atoms with Crippen LogP contribution in [0.15, 0.2) is 29.6 Å². The second kappa shape index (κ2) is 6.53. The van der Waals surface area contributed by atoms with Crippen LogP contribution in [-0.2, 0) is 6.61 Å². The molecule has 1 amide bonds. The molecule has 2 aromatic rings. The summed E-state index contributed by atoms with van der Waals surface area (Å²) in [6, 6.07) is 5.93. The number of para-hydroxylation sites is 1. The minimum atomic E-state index is -0.581. The summed E-state index contributed by atoms with van der Waals surface area (Å²) >= 11 is 7.11. The topological polar surface area (TPSA) is 107 Å². The molecular weight excluding hydrogens is 318 g/mol. The molecule has 0 aliphatic rings. The Hall–Kier alpha value is -2.16. The van der Waals surface area contributed by atoms with Crippen LogP contribution in [0.5, 0.6) is 5.75 Å². The fraction of sp³-hybridized carbons (Fsp3) is 0.0833. The number of halogens is 1. The third-order valence-electron chi connectivity index (χ3n) is 2.60. The van der Waals surface area contributed by atoms with Gasteiger partial charge in [0.2, 0.25) is 5.75 Å². The summed E-state index contributed by atoms with van der Waals surface area (Å²) in [5.41, 5.74) is 2.36. The van der Waals surface area contributed by atoms with Crippen LogP contribution in [0.3, 0.4) is 0 Å². The van der Waals surface area contributed by atoms with Gasteiger partial charge >= 0.3 is 5.69 Å². The Labute approximate surface area is 128 Å². The second-order valence-corrected chi connectivity index (χ2v) is 5.21. The molecule has 0 fully saturated rings. The van der Waals surface area contributed by atoms with Gasteiger partial charge in [0.25, 0.3) is 5.91 Å². The summed E-state index contributed by atoms with van der Waals surface area (Å²) in [6.45, 7) is -0.0309. The molecule has 3 N–H and O–H groups in total. The molecule has 9 heteroatoms. The number of carbonyl (C=O) groups excluding carboxylic acids is 1. The number of nitrogens with zero attached hydrogens (tertiary/aromatic N) is 1. The van der Waals surface area contributed by atoms with E-state index in [0.29, 0.717) is 10.4 Å². The summed E-state index contributed by atoms with van der Waals surface area (Å²) in [5, 5.41) is 12.8. The monoisotopic (exact) mass is 327 g/mol. The van der Waals surface area contributed by atoms with Crippen LogP contribution < -0.4 is 16.0 Å². The van der Waals surface area contributed by atoms with Gasteiger partial charge in [-0.15, -0.1) is 11.3 Å². The zero-order valence-electron chi connectivity index (χ0n) is 10.5. The Kier molecular flexibility index (Phi) is 4.73. The zero-order chi connectivity index (χ0) is 15.4. The van der Waals surface area contributed by atoms with E-state index < -0.39 is 10.8 Å². The van der Waals surface area contributed by atoms with Crippen molar-refractivity contribution in [2.45, 2.75) is 6.61 Å². The first-order valence-electron chi connectivity index (χ1n) is 5.67. The van der Waals surface area contributed by atoms with Crippen LogP contribution in [0.2, 0.25) is 5.02 Å². The number of nitrogen functional groups attached to an aromatic ring is 1. The summed E-state index contributed by atoms with van der Waals surface area (Å²) < 4.78 is 5.42. The number of nitro groups is 1. The third-order valence-corrected chi connectivity index (χ3v) is 3.85. The molecule has 0 radical (unpaired) electrons. The Balaban J connectivity index is 2.23. The smallest absolute Gasteiger partial charge is 0.312 e. The first-order chi connectivity index (χ1) is 10.0. The number of nitro benzene ring substituents is 1. The highest BCUT2D eigenvalue weighted by Gasteiger charge is 2.19. The molecule has 1 heterocycles. The van der Waals surface area contributed by atoms with E-state index in [-0.39, 0.29) is 23.1 Å². The molecule has 21 heavy (non-hydrogen) atoms. The largest absolute Gasteiger partial charge is 0.481 e. The molecule has 110 valence electrons. The number of nitrogens with one attached hydrogen (secondary N) is 1. The first-order valence-corrected chi connectivity index (χ1v) is 6.93. The molecule has 0 bridgehead atoms. The molecule has 7 nitrogen and oxygen atoms in total. The van der Waals surface area contributed by atoms with E-state index in [9.17, 15) is 14.9 Å². The van der Waals surface area contributed by atoms with Crippen LogP contribution in [0.4, 0.5) is 5.69 Å². The lowest BCUT2D eigenvalue weighted by Gasteiger charge is -2.08. The van der Waals surface area contributed by atoms with Crippen LogP contribution in [0.25, 0.3) is 0 Å². The van der Waals surface area contributed by atoms with Gasteiger partial charge < -0.3 is 4.74 Å². The number of hydrogen-bond acceptors (Lipinski definition) is 6. The molecule has 0 atom stereocenters. The number of amides is 1. The van der Waals surface area contributed by atoms with Gasteiger partial charge in [0.05, 0.1) is 14.8 Å². The van der Waals surface area contributed by atoms with Crippen molar-refractivity contribution in [3.05, 3.63) is 55.2 Å². The standard InChI is InChI=1S/C12H10ClN3O4S/c13-8-2-1-3-9(16(18)19)10(8)20-6-7-4-5-21-11(7)12(17)15-14/h1-5H,6,14H2,(H,15,17). The molecule has 2 rings (SSSR count). The van der Waals surface area contributed by atoms with Crippen molar-refractivity contribution < 1.29 is 14.5 Å². The van der Waals surface area contributed by atoms with Crippen molar-refractivity contribution in [3.63, 3.8) is 0 Å². The second-order valence-electron chi connectivity index (χ2n) is 3.88. The van der Waals surface area contributed by atoms with E-state index >= 15 is 0 Å². The fourth-order valence-corrected chi connectivity index (χ4v) is 2.68. The molecule has 0 saturated carbocycles. The number of carbonyl (C=O) groups is 1. The van der Waals surface area contributed by atoms with E-state index in [2.05, 4.69) is 0 Å². The lowest BCUT2D eigenvalue weighted by Crippen LogP contribution is -2.30. The van der Waals surface area contributed by atoms with E-state index in [4.69, 9.17) is 22.2 Å². The van der Waals surface area contributed by atoms with E-state index in [1.807, 2.05) is 5.43 Å². The van der Waals surface area contributed by atoms with Crippen molar-refractivity contribution >= 4 is 34.5 Å². The molecule has 1 aromatic heterocycles. The lowest BCUT2D eigenvalue weighted by molar-refractivity contribution is -0.385. The predicted molar refractivity (Wildman–Crippen MR) is 78.4 cm³/mol. The highest BCUT2D eigenvalue weighted by Crippen LogP contribution is 2.35. The van der Waals surface area contributed by atoms with Gasteiger partial charge in [0.1, 0.15) is 6.61 Å². The quantitative estimate of drug-likeness (QED) is 0.379. The van der Waals surface area contributed by atoms with Crippen molar-refractivity contribution in [2.24, 2.45) is 5.84 Å². The zero-order valence-corrected chi connectivity index (χ0v) is 12.1. The van der Waals surface area contributed by atoms with Gasteiger partial charge in [0, 0.05) is 11.6 Å². The average molecular weight is 328 g/mol. The maximum absolute atomic E-state index is 11.5. The summed E-state index contributed by atoms with van der Waals surface area (Å²) in [6.07, 6.45) is 0. The number of hydrogen-bond donors (Lipinski definition) is 2. The third kappa shape index (κ3) is 3.30. The summed E-state index contributed by atoms with van der Waals surface area (Å²) in [7, 11) is 0. The Bertz CT molecular complexity index is 689. The Morgan fingerprint density at radius 3 is 2.90 bits per heavy atom. The maximum atomic E-state index is 11.5. The number of benzene rings is 1. The number of thiophene rings is 1. The van der Waals surface area contributed by atoms with Crippen molar-refractivity contribution in [2.75, 3.05) is 0 Å². The number of hydrazine groups is 1. The molecule has 0 spiro atoms. The lowest BCUT2D eigenvalue weighted by atomic mass is 10.2. The molecule has 1 aromatic carbocycles. The summed E-state index contributed by atoms with van der Waals surface area (Å²) in [5.74, 6) is 4.60. The molecule has 0 aliphatic carbocycles. The van der Waals surface area contributed by atoms with Crippen molar-refractivity contribution in [1.82, 2.24) is 5.43 Å². The SMILES string of the molecule is NNC(=O)c1sccc1COc1c(Cl)cccc1[N+](=O)[O-]. The van der Waals surface area contributed by atoms with Gasteiger partial charge in [0.15, 0.2) is 0 Å².